The molecule has 2 aromatic carbocycles. The van der Waals surface area contributed by atoms with Gasteiger partial charge in [0.1, 0.15) is 18.0 Å². The van der Waals surface area contributed by atoms with Crippen molar-refractivity contribution in [2.24, 2.45) is 0 Å². The van der Waals surface area contributed by atoms with Gasteiger partial charge >= 0.3 is 0 Å². The summed E-state index contributed by atoms with van der Waals surface area (Å²) in [6.45, 7) is 3.28. The first-order valence-electron chi connectivity index (χ1n) is 9.29. The van der Waals surface area contributed by atoms with Gasteiger partial charge in [-0.15, -0.1) is 0 Å². The largest absolute Gasteiger partial charge is 0.497 e. The molecule has 28 heavy (non-hydrogen) atoms. The highest BCUT2D eigenvalue weighted by atomic mass is 32.2. The summed E-state index contributed by atoms with van der Waals surface area (Å²) < 4.78 is 37.5. The fourth-order valence-corrected chi connectivity index (χ4v) is 4.53. The molecular formula is C21H27N2O4S+. The van der Waals surface area contributed by atoms with Crippen LogP contribution in [0.15, 0.2) is 53.9 Å². The van der Waals surface area contributed by atoms with Crippen LogP contribution in [0.5, 0.6) is 11.5 Å². The molecule has 3 rings (SSSR count). The van der Waals surface area contributed by atoms with E-state index in [1.807, 2.05) is 48.5 Å². The molecule has 1 saturated heterocycles. The van der Waals surface area contributed by atoms with E-state index >= 15 is 0 Å². The van der Waals surface area contributed by atoms with Gasteiger partial charge in [0.2, 0.25) is 10.0 Å². The van der Waals surface area contributed by atoms with E-state index in [1.54, 1.807) is 24.6 Å². The molecule has 1 aliphatic heterocycles. The van der Waals surface area contributed by atoms with Crippen molar-refractivity contribution >= 4 is 16.1 Å². The van der Waals surface area contributed by atoms with Gasteiger partial charge in [0, 0.05) is 5.41 Å². The maximum Gasteiger partial charge on any atom is 0.236 e. The topological polar surface area (TPSA) is 60.3 Å². The van der Waals surface area contributed by atoms with Crippen molar-refractivity contribution in [2.75, 3.05) is 40.4 Å². The third-order valence-corrected chi connectivity index (χ3v) is 6.51. The summed E-state index contributed by atoms with van der Waals surface area (Å²) in [6, 6.07) is 15.2. The third-order valence-electron chi connectivity index (χ3n) is 4.95. The lowest BCUT2D eigenvalue weighted by molar-refractivity contribution is -0.917. The number of ether oxygens (including phenoxy) is 2. The Morgan fingerprint density at radius 2 is 1.75 bits per heavy atom. The van der Waals surface area contributed by atoms with E-state index in [4.69, 9.17) is 9.47 Å². The number of methoxy groups -OCH3 is 2. The molecule has 0 unspecified atom stereocenters. The Labute approximate surface area is 167 Å². The van der Waals surface area contributed by atoms with Gasteiger partial charge in [-0.2, -0.15) is 4.31 Å². The lowest BCUT2D eigenvalue weighted by Gasteiger charge is -2.31. The van der Waals surface area contributed by atoms with Crippen molar-refractivity contribution in [1.29, 1.82) is 0 Å². The summed E-state index contributed by atoms with van der Waals surface area (Å²) in [5, 5.41) is 1.30. The van der Waals surface area contributed by atoms with Crippen LogP contribution in [0, 0.1) is 0 Å². The normalized spacial score (nSPS) is 16.4. The van der Waals surface area contributed by atoms with Crippen LogP contribution in [0.2, 0.25) is 0 Å². The summed E-state index contributed by atoms with van der Waals surface area (Å²) >= 11 is 0. The van der Waals surface area contributed by atoms with Crippen molar-refractivity contribution < 1.29 is 22.8 Å². The van der Waals surface area contributed by atoms with Crippen molar-refractivity contribution in [1.82, 2.24) is 4.31 Å². The lowest BCUT2D eigenvalue weighted by atomic mass is 10.1. The number of sulfonamides is 1. The molecule has 0 atom stereocenters. The maximum atomic E-state index is 12.6. The molecule has 0 radical (unpaired) electrons. The van der Waals surface area contributed by atoms with Gasteiger partial charge in [-0.1, -0.05) is 30.3 Å². The molecule has 0 bridgehead atoms. The lowest BCUT2D eigenvalue weighted by Crippen LogP contribution is -3.13. The summed E-state index contributed by atoms with van der Waals surface area (Å²) in [5.74, 6) is 1.62. The number of quaternary nitrogens is 1. The second-order valence-corrected chi connectivity index (χ2v) is 8.58. The Bertz CT molecular complexity index is 905. The average Bonchev–Trinajstić information content (AvgIpc) is 2.73. The summed E-state index contributed by atoms with van der Waals surface area (Å²) in [5.41, 5.74) is 1.94. The molecule has 0 aromatic heterocycles. The Morgan fingerprint density at radius 3 is 2.39 bits per heavy atom. The van der Waals surface area contributed by atoms with Gasteiger partial charge in [-0.3, -0.25) is 0 Å². The minimum Gasteiger partial charge on any atom is -0.497 e. The molecule has 150 valence electrons. The first kappa shape index (κ1) is 20.4. The first-order valence-corrected chi connectivity index (χ1v) is 10.8. The number of nitrogens with zero attached hydrogens (tertiary/aromatic N) is 1. The zero-order valence-electron chi connectivity index (χ0n) is 16.3. The van der Waals surface area contributed by atoms with Gasteiger partial charge < -0.3 is 14.4 Å². The van der Waals surface area contributed by atoms with Crippen LogP contribution < -0.4 is 14.4 Å². The molecule has 0 spiro atoms. The highest BCUT2D eigenvalue weighted by Crippen LogP contribution is 2.23. The van der Waals surface area contributed by atoms with E-state index < -0.39 is 10.0 Å². The van der Waals surface area contributed by atoms with Gasteiger partial charge in [0.15, 0.2) is 0 Å². The highest BCUT2D eigenvalue weighted by molar-refractivity contribution is 7.92. The van der Waals surface area contributed by atoms with Crippen LogP contribution in [0.3, 0.4) is 0 Å². The molecular weight excluding hydrogens is 376 g/mol. The summed E-state index contributed by atoms with van der Waals surface area (Å²) in [6.07, 6.45) is 1.65. The SMILES string of the molecule is COc1ccc(OC)c(C[NH+]2CCN(S(=O)(=O)/C=C/c3ccccc3)CC2)c1. The molecule has 7 heteroatoms. The van der Waals surface area contributed by atoms with Gasteiger partial charge in [-0.25, -0.2) is 8.42 Å². The Balaban J connectivity index is 1.61. The molecule has 0 saturated carbocycles. The van der Waals surface area contributed by atoms with E-state index in [9.17, 15) is 8.42 Å². The van der Waals surface area contributed by atoms with E-state index in [-0.39, 0.29) is 0 Å². The third kappa shape index (κ3) is 5.13. The number of nitrogens with one attached hydrogen (secondary N) is 1. The van der Waals surface area contributed by atoms with Gasteiger partial charge in [-0.05, 0) is 29.8 Å². The van der Waals surface area contributed by atoms with Crippen molar-refractivity contribution in [3.05, 3.63) is 65.1 Å². The van der Waals surface area contributed by atoms with Crippen LogP contribution in [-0.2, 0) is 16.6 Å². The fourth-order valence-electron chi connectivity index (χ4n) is 3.34. The maximum absolute atomic E-state index is 12.6. The molecule has 2 aromatic rings. The fraction of sp³-hybridized carbons (Fsp3) is 0.333. The molecule has 1 fully saturated rings. The van der Waals surface area contributed by atoms with Crippen molar-refractivity contribution in [2.45, 2.75) is 6.54 Å². The molecule has 6 nitrogen and oxygen atoms in total. The monoisotopic (exact) mass is 403 g/mol. The second kappa shape index (κ2) is 9.23. The smallest absolute Gasteiger partial charge is 0.236 e. The number of hydrogen-bond donors (Lipinski definition) is 1. The Morgan fingerprint density at radius 1 is 1.04 bits per heavy atom. The van der Waals surface area contributed by atoms with Crippen LogP contribution in [0.1, 0.15) is 11.1 Å². The quantitative estimate of drug-likeness (QED) is 0.759. The first-order chi connectivity index (χ1) is 13.5. The van der Waals surface area contributed by atoms with E-state index in [0.29, 0.717) is 13.1 Å². The van der Waals surface area contributed by atoms with Crippen LogP contribution in [0.25, 0.3) is 6.08 Å². The summed E-state index contributed by atoms with van der Waals surface area (Å²) in [4.78, 5) is 1.32. The van der Waals surface area contributed by atoms with Crippen molar-refractivity contribution in [3.63, 3.8) is 0 Å². The van der Waals surface area contributed by atoms with Gasteiger partial charge in [0.05, 0.1) is 46.0 Å². The van der Waals surface area contributed by atoms with Crippen LogP contribution in [0.4, 0.5) is 0 Å². The van der Waals surface area contributed by atoms with E-state index in [1.165, 1.54) is 10.3 Å². The number of benzene rings is 2. The minimum absolute atomic E-state index is 0.503. The van der Waals surface area contributed by atoms with Gasteiger partial charge in [0.25, 0.3) is 0 Å². The van der Waals surface area contributed by atoms with E-state index in [0.717, 1.165) is 42.3 Å². The number of piperazine rings is 1. The summed E-state index contributed by atoms with van der Waals surface area (Å²) in [7, 11) is -0.106. The highest BCUT2D eigenvalue weighted by Gasteiger charge is 2.28. The standard InChI is InChI=1S/C21H26N2O4S/c1-26-20-8-9-21(27-2)19(16-20)17-22-11-13-23(14-12-22)28(24,25)15-10-18-6-4-3-5-7-18/h3-10,15-16H,11-14,17H2,1-2H3/p+1/b15-10+. The predicted octanol–water partition coefficient (Wildman–Crippen LogP) is 1.41. The van der Waals surface area contributed by atoms with Crippen LogP contribution in [-0.4, -0.2) is 53.1 Å². The van der Waals surface area contributed by atoms with Crippen LogP contribution >= 0.6 is 0 Å². The molecule has 0 amide bonds. The number of hydrogen-bond acceptors (Lipinski definition) is 4. The zero-order valence-corrected chi connectivity index (χ0v) is 17.1. The number of rotatable bonds is 7. The average molecular weight is 404 g/mol. The second-order valence-electron chi connectivity index (χ2n) is 6.76. The molecule has 1 heterocycles. The van der Waals surface area contributed by atoms with E-state index in [2.05, 4.69) is 0 Å². The molecule has 1 N–H and O–H groups in total. The molecule has 1 aliphatic rings. The zero-order chi connectivity index (χ0) is 20.0. The molecule has 0 aliphatic carbocycles. The Kier molecular flexibility index (Phi) is 6.72. The van der Waals surface area contributed by atoms with Crippen molar-refractivity contribution in [3.8, 4) is 11.5 Å². The minimum atomic E-state index is -3.41. The Hall–Kier alpha value is -2.35. The predicted molar refractivity (Wildman–Crippen MR) is 110 cm³/mol.